The molecule has 0 radical (unpaired) electrons. The lowest BCUT2D eigenvalue weighted by molar-refractivity contribution is -0.385. The number of ketones is 1. The molecule has 0 unspecified atom stereocenters. The monoisotopic (exact) mass is 460 g/mol. The van der Waals surface area contributed by atoms with Gasteiger partial charge in [-0.3, -0.25) is 29.4 Å². The number of amides is 2. The lowest BCUT2D eigenvalue weighted by Crippen LogP contribution is -2.32. The number of carbonyl (C=O) groups excluding carboxylic acids is 4. The number of esters is 1. The lowest BCUT2D eigenvalue weighted by atomic mass is 9.85. The van der Waals surface area contributed by atoms with E-state index in [1.54, 1.807) is 6.92 Å². The second-order valence-electron chi connectivity index (χ2n) is 8.82. The van der Waals surface area contributed by atoms with Crippen LogP contribution in [0.15, 0.2) is 54.6 Å². The number of ether oxygens (including phenoxy) is 1. The molecule has 3 aliphatic rings. The molecule has 2 aromatic carbocycles. The van der Waals surface area contributed by atoms with Gasteiger partial charge in [0.2, 0.25) is 17.6 Å². The Hall–Kier alpha value is -4.14. The van der Waals surface area contributed by atoms with Crippen molar-refractivity contribution in [1.82, 2.24) is 0 Å². The van der Waals surface area contributed by atoms with Gasteiger partial charge >= 0.3 is 5.97 Å². The molecule has 1 aliphatic heterocycles. The Morgan fingerprint density at radius 3 is 2.18 bits per heavy atom. The number of fused-ring (bicyclic) bond motifs is 5. The third kappa shape index (κ3) is 3.40. The van der Waals surface area contributed by atoms with Crippen molar-refractivity contribution < 1.29 is 28.8 Å². The van der Waals surface area contributed by atoms with E-state index in [0.29, 0.717) is 11.3 Å². The van der Waals surface area contributed by atoms with Gasteiger partial charge in [-0.15, -0.1) is 0 Å². The molecular formula is C25H20N2O7. The summed E-state index contributed by atoms with van der Waals surface area (Å²) in [5, 5.41) is 11.1. The van der Waals surface area contributed by atoms with Gasteiger partial charge in [-0.2, -0.15) is 0 Å². The molecule has 0 N–H and O–H groups in total. The molecular weight excluding hydrogens is 440 g/mol. The van der Waals surface area contributed by atoms with Crippen LogP contribution in [0.3, 0.4) is 0 Å². The van der Waals surface area contributed by atoms with Crippen LogP contribution in [0.2, 0.25) is 0 Å². The molecule has 172 valence electrons. The van der Waals surface area contributed by atoms with E-state index in [9.17, 15) is 29.3 Å². The van der Waals surface area contributed by atoms with Crippen LogP contribution in [0.5, 0.6) is 0 Å². The largest absolute Gasteiger partial charge is 0.454 e. The Kier molecular flexibility index (Phi) is 5.11. The standard InChI is InChI=1S/C25H20N2O7/c1-13-2-3-15(11-19(13)27(32)33)20(28)12-34-25(31)14-6-8-18(9-7-14)26-23(29)21-16-4-5-17(10-16)22(21)24(26)30/h2-9,11,16-17,21-22H,10,12H2,1H3/t16-,17+,21-,22-/m0/s1. The summed E-state index contributed by atoms with van der Waals surface area (Å²) in [7, 11) is 0. The number of benzene rings is 2. The van der Waals surface area contributed by atoms with Crippen LogP contribution in [0.4, 0.5) is 11.4 Å². The number of aryl methyl sites for hydroxylation is 1. The first-order valence-corrected chi connectivity index (χ1v) is 10.9. The maximum absolute atomic E-state index is 12.9. The van der Waals surface area contributed by atoms with Crippen LogP contribution in [0, 0.1) is 40.7 Å². The Morgan fingerprint density at radius 2 is 1.59 bits per heavy atom. The van der Waals surface area contributed by atoms with Gasteiger partial charge in [-0.25, -0.2) is 4.79 Å². The van der Waals surface area contributed by atoms with Crippen molar-refractivity contribution in [2.45, 2.75) is 13.3 Å². The molecule has 2 aromatic rings. The third-order valence-corrected chi connectivity index (χ3v) is 6.89. The predicted octanol–water partition coefficient (Wildman–Crippen LogP) is 3.25. The summed E-state index contributed by atoms with van der Waals surface area (Å²) >= 11 is 0. The number of allylic oxidation sites excluding steroid dienone is 2. The fraction of sp³-hybridized carbons (Fsp3) is 0.280. The van der Waals surface area contributed by atoms with Gasteiger partial charge in [0.25, 0.3) is 5.69 Å². The van der Waals surface area contributed by atoms with E-state index in [1.807, 2.05) is 12.2 Å². The number of hydrogen-bond acceptors (Lipinski definition) is 7. The quantitative estimate of drug-likeness (QED) is 0.162. The molecule has 1 saturated heterocycles. The van der Waals surface area contributed by atoms with Crippen LogP contribution in [0.25, 0.3) is 0 Å². The minimum atomic E-state index is -0.764. The van der Waals surface area contributed by atoms with Crippen LogP contribution in [-0.4, -0.2) is 35.1 Å². The summed E-state index contributed by atoms with van der Waals surface area (Å²) in [6, 6.07) is 9.93. The van der Waals surface area contributed by atoms with Crippen molar-refractivity contribution in [3.63, 3.8) is 0 Å². The normalized spacial score (nSPS) is 24.4. The van der Waals surface area contributed by atoms with E-state index in [2.05, 4.69) is 0 Å². The zero-order valence-corrected chi connectivity index (χ0v) is 18.2. The van der Waals surface area contributed by atoms with Gasteiger partial charge in [0.15, 0.2) is 6.61 Å². The van der Waals surface area contributed by atoms with Gasteiger partial charge in [0, 0.05) is 17.2 Å². The minimum absolute atomic E-state index is 0.0699. The van der Waals surface area contributed by atoms with Crippen molar-refractivity contribution in [3.05, 3.63) is 81.4 Å². The number of hydrogen-bond donors (Lipinski definition) is 0. The zero-order chi connectivity index (χ0) is 24.1. The van der Waals surface area contributed by atoms with Crippen molar-refractivity contribution in [2.24, 2.45) is 23.7 Å². The SMILES string of the molecule is Cc1ccc(C(=O)COC(=O)c2ccc(N3C(=O)[C@@H]4[C@@H](C3=O)[C@H]3C=C[C@@H]4C3)cc2)cc1[N+](=O)[O-]. The fourth-order valence-corrected chi connectivity index (χ4v) is 5.18. The molecule has 0 spiro atoms. The molecule has 9 nitrogen and oxygen atoms in total. The molecule has 2 aliphatic carbocycles. The smallest absolute Gasteiger partial charge is 0.338 e. The molecule has 5 rings (SSSR count). The molecule has 2 bridgehead atoms. The average Bonchev–Trinajstić information content (AvgIpc) is 3.51. The maximum Gasteiger partial charge on any atom is 0.338 e. The summed E-state index contributed by atoms with van der Waals surface area (Å²) in [5.74, 6) is -2.15. The highest BCUT2D eigenvalue weighted by molar-refractivity contribution is 6.22. The number of nitrogens with zero attached hydrogens (tertiary/aromatic N) is 2. The topological polar surface area (TPSA) is 124 Å². The number of carbonyl (C=O) groups is 4. The van der Waals surface area contributed by atoms with Crippen LogP contribution in [-0.2, 0) is 14.3 Å². The summed E-state index contributed by atoms with van der Waals surface area (Å²) < 4.78 is 5.07. The molecule has 1 saturated carbocycles. The Labute approximate surface area is 194 Å². The van der Waals surface area contributed by atoms with Gasteiger partial charge in [0.05, 0.1) is 28.0 Å². The van der Waals surface area contributed by atoms with Gasteiger partial charge in [-0.05, 0) is 49.4 Å². The number of Topliss-reactive ketones (excluding diaryl/α,β-unsaturated/α-hetero) is 1. The Balaban J connectivity index is 1.24. The first-order valence-electron chi connectivity index (χ1n) is 10.9. The molecule has 34 heavy (non-hydrogen) atoms. The molecule has 0 aromatic heterocycles. The third-order valence-electron chi connectivity index (χ3n) is 6.89. The van der Waals surface area contributed by atoms with E-state index in [0.717, 1.165) is 12.5 Å². The molecule has 1 heterocycles. The van der Waals surface area contributed by atoms with Crippen LogP contribution in [0.1, 0.15) is 32.7 Å². The second-order valence-corrected chi connectivity index (χ2v) is 8.82. The highest BCUT2D eigenvalue weighted by atomic mass is 16.6. The number of nitro groups is 1. The fourth-order valence-electron chi connectivity index (χ4n) is 5.18. The van der Waals surface area contributed by atoms with Crippen LogP contribution >= 0.6 is 0 Å². The van der Waals surface area contributed by atoms with E-state index in [4.69, 9.17) is 4.74 Å². The molecule has 2 amide bonds. The number of imide groups is 1. The summed E-state index contributed by atoms with van der Waals surface area (Å²) in [4.78, 5) is 62.2. The predicted molar refractivity (Wildman–Crippen MR) is 119 cm³/mol. The number of anilines is 1. The maximum atomic E-state index is 12.9. The molecule has 2 fully saturated rings. The lowest BCUT2D eigenvalue weighted by Gasteiger charge is -2.17. The molecule has 4 atom stereocenters. The Morgan fingerprint density at radius 1 is 1.00 bits per heavy atom. The highest BCUT2D eigenvalue weighted by Gasteiger charge is 2.59. The van der Waals surface area contributed by atoms with Gasteiger partial charge in [-0.1, -0.05) is 24.3 Å². The molecule has 9 heteroatoms. The number of nitro benzene ring substituents is 1. The van der Waals surface area contributed by atoms with Crippen LogP contribution < -0.4 is 4.90 Å². The summed E-state index contributed by atoms with van der Waals surface area (Å²) in [6.07, 6.45) is 4.89. The van der Waals surface area contributed by atoms with E-state index in [1.165, 1.54) is 41.3 Å². The number of rotatable bonds is 6. The van der Waals surface area contributed by atoms with Crippen molar-refractivity contribution >= 4 is 34.9 Å². The second kappa shape index (κ2) is 8.02. The first kappa shape index (κ1) is 21.7. The van der Waals surface area contributed by atoms with Gasteiger partial charge < -0.3 is 4.74 Å². The van der Waals surface area contributed by atoms with Gasteiger partial charge in [0.1, 0.15) is 0 Å². The summed E-state index contributed by atoms with van der Waals surface area (Å²) in [6.45, 7) is 0.982. The Bertz CT molecular complexity index is 1250. The van der Waals surface area contributed by atoms with Crippen molar-refractivity contribution in [1.29, 1.82) is 0 Å². The van der Waals surface area contributed by atoms with Crippen molar-refractivity contribution in [3.8, 4) is 0 Å². The van der Waals surface area contributed by atoms with E-state index >= 15 is 0 Å². The van der Waals surface area contributed by atoms with E-state index < -0.39 is 23.3 Å². The van der Waals surface area contributed by atoms with Crippen molar-refractivity contribution in [2.75, 3.05) is 11.5 Å². The average molecular weight is 460 g/mol. The first-order chi connectivity index (χ1) is 16.3. The zero-order valence-electron chi connectivity index (χ0n) is 18.2. The highest BCUT2D eigenvalue weighted by Crippen LogP contribution is 2.53. The van der Waals surface area contributed by atoms with E-state index in [-0.39, 0.29) is 52.3 Å². The minimum Gasteiger partial charge on any atom is -0.454 e. The summed E-state index contributed by atoms with van der Waals surface area (Å²) in [5.41, 5.74) is 0.837.